The molecular formula is C25H40O4Si. The van der Waals surface area contributed by atoms with Crippen LogP contribution in [0.2, 0.25) is 18.1 Å². The lowest BCUT2D eigenvalue weighted by molar-refractivity contribution is -0.133. The summed E-state index contributed by atoms with van der Waals surface area (Å²) in [5, 5.41) is 0.0822. The molecule has 0 bridgehead atoms. The highest BCUT2D eigenvalue weighted by molar-refractivity contribution is 6.74. The Labute approximate surface area is 184 Å². The van der Waals surface area contributed by atoms with Crippen molar-refractivity contribution < 1.29 is 18.7 Å². The van der Waals surface area contributed by atoms with E-state index < -0.39 is 8.32 Å². The van der Waals surface area contributed by atoms with Gasteiger partial charge < -0.3 is 18.7 Å². The third-order valence-electron chi connectivity index (χ3n) is 6.37. The molecule has 5 heteroatoms. The van der Waals surface area contributed by atoms with E-state index in [0.29, 0.717) is 13.0 Å². The number of benzene rings is 1. The molecule has 0 amide bonds. The first kappa shape index (κ1) is 25.0. The van der Waals surface area contributed by atoms with Crippen LogP contribution in [0.25, 0.3) is 0 Å². The Hall–Kier alpha value is -1.27. The van der Waals surface area contributed by atoms with Gasteiger partial charge in [-0.3, -0.25) is 0 Å². The van der Waals surface area contributed by atoms with Gasteiger partial charge in [0.05, 0.1) is 31.0 Å². The van der Waals surface area contributed by atoms with Crippen LogP contribution in [0.3, 0.4) is 0 Å². The predicted molar refractivity (Wildman–Crippen MR) is 125 cm³/mol. The van der Waals surface area contributed by atoms with E-state index in [9.17, 15) is 4.79 Å². The van der Waals surface area contributed by atoms with E-state index in [0.717, 1.165) is 31.1 Å². The highest BCUT2D eigenvalue weighted by Crippen LogP contribution is 2.38. The van der Waals surface area contributed by atoms with Crippen molar-refractivity contribution in [3.05, 3.63) is 48.0 Å². The second-order valence-corrected chi connectivity index (χ2v) is 14.5. The molecule has 0 saturated carbocycles. The fourth-order valence-corrected chi connectivity index (χ4v) is 4.82. The monoisotopic (exact) mass is 432 g/mol. The van der Waals surface area contributed by atoms with Crippen LogP contribution in [-0.4, -0.2) is 39.0 Å². The Bertz CT molecular complexity index is 665. The van der Waals surface area contributed by atoms with Gasteiger partial charge in [-0.2, -0.15) is 0 Å². The number of carbonyl (C=O) groups excluding carboxylic acids is 1. The molecule has 1 heterocycles. The maximum atomic E-state index is 11.4. The molecule has 0 unspecified atom stereocenters. The smallest absolute Gasteiger partial charge is 0.192 e. The van der Waals surface area contributed by atoms with E-state index >= 15 is 0 Å². The summed E-state index contributed by atoms with van der Waals surface area (Å²) in [5.74, 6) is 0. The maximum Gasteiger partial charge on any atom is 0.192 e. The largest absolute Gasteiger partial charge is 0.411 e. The van der Waals surface area contributed by atoms with Crippen molar-refractivity contribution in [2.75, 3.05) is 0 Å². The van der Waals surface area contributed by atoms with Gasteiger partial charge >= 0.3 is 0 Å². The van der Waals surface area contributed by atoms with E-state index in [4.69, 9.17) is 13.9 Å². The van der Waals surface area contributed by atoms with E-state index in [-0.39, 0.29) is 29.5 Å². The Morgan fingerprint density at radius 1 is 1.10 bits per heavy atom. The molecular weight excluding hydrogens is 392 g/mol. The van der Waals surface area contributed by atoms with Crippen LogP contribution in [0.5, 0.6) is 0 Å². The third kappa shape index (κ3) is 7.15. The van der Waals surface area contributed by atoms with E-state index in [1.165, 1.54) is 0 Å². The molecule has 0 aliphatic carbocycles. The van der Waals surface area contributed by atoms with Crippen molar-refractivity contribution in [1.82, 2.24) is 0 Å². The Morgan fingerprint density at radius 2 is 1.70 bits per heavy atom. The number of aldehydes is 1. The number of hydrogen-bond donors (Lipinski definition) is 0. The van der Waals surface area contributed by atoms with Crippen molar-refractivity contribution in [2.24, 2.45) is 0 Å². The van der Waals surface area contributed by atoms with E-state index in [2.05, 4.69) is 65.1 Å². The van der Waals surface area contributed by atoms with Gasteiger partial charge in [0, 0.05) is 6.42 Å². The summed E-state index contributed by atoms with van der Waals surface area (Å²) in [6.45, 7) is 13.8. The van der Waals surface area contributed by atoms with Crippen LogP contribution in [-0.2, 0) is 25.3 Å². The van der Waals surface area contributed by atoms with Crippen molar-refractivity contribution in [3.8, 4) is 0 Å². The first-order valence-electron chi connectivity index (χ1n) is 11.3. The van der Waals surface area contributed by atoms with E-state index in [1.54, 1.807) is 0 Å². The molecule has 2 rings (SSSR count). The molecule has 0 fully saturated rings. The molecule has 4 nitrogen and oxygen atoms in total. The highest BCUT2D eigenvalue weighted by atomic mass is 28.4. The van der Waals surface area contributed by atoms with Crippen molar-refractivity contribution >= 4 is 14.6 Å². The second kappa shape index (κ2) is 11.4. The van der Waals surface area contributed by atoms with Crippen LogP contribution in [0.4, 0.5) is 0 Å². The minimum absolute atomic E-state index is 0.000193. The van der Waals surface area contributed by atoms with Crippen LogP contribution in [0.1, 0.15) is 58.9 Å². The maximum absolute atomic E-state index is 11.4. The summed E-state index contributed by atoms with van der Waals surface area (Å²) in [6, 6.07) is 10.2. The van der Waals surface area contributed by atoms with Crippen LogP contribution in [0, 0.1) is 0 Å². The fraction of sp³-hybridized carbons (Fsp3) is 0.640. The summed E-state index contributed by atoms with van der Waals surface area (Å²) < 4.78 is 19.5. The van der Waals surface area contributed by atoms with Crippen LogP contribution < -0.4 is 0 Å². The zero-order valence-corrected chi connectivity index (χ0v) is 20.6. The molecule has 0 N–H and O–H groups in total. The molecule has 0 aromatic heterocycles. The summed E-state index contributed by atoms with van der Waals surface area (Å²) in [4.78, 5) is 11.4. The molecule has 1 aromatic rings. The Kier molecular flexibility index (Phi) is 9.48. The summed E-state index contributed by atoms with van der Waals surface area (Å²) >= 11 is 0. The zero-order chi connectivity index (χ0) is 22.2. The molecule has 168 valence electrons. The van der Waals surface area contributed by atoms with Gasteiger partial charge in [-0.25, -0.2) is 0 Å². The lowest BCUT2D eigenvalue weighted by atomic mass is 10.1. The SMILES string of the molecule is CC[C@H](OCc1ccccc1)[C@H]1CC=CC[C@H]([C@H](CC=O)O[Si](C)(C)C(C)(C)C)O1. The van der Waals surface area contributed by atoms with Crippen LogP contribution >= 0.6 is 0 Å². The molecule has 4 atom stereocenters. The van der Waals surface area contributed by atoms with Crippen molar-refractivity contribution in [1.29, 1.82) is 0 Å². The molecule has 1 aromatic carbocycles. The van der Waals surface area contributed by atoms with Gasteiger partial charge in [0.15, 0.2) is 8.32 Å². The Balaban J connectivity index is 2.10. The Morgan fingerprint density at radius 3 is 2.23 bits per heavy atom. The molecule has 0 spiro atoms. The first-order chi connectivity index (χ1) is 14.2. The van der Waals surface area contributed by atoms with Gasteiger partial charge in [0.2, 0.25) is 0 Å². The second-order valence-electron chi connectivity index (χ2n) is 9.72. The van der Waals surface area contributed by atoms with Gasteiger partial charge in [0.25, 0.3) is 0 Å². The van der Waals surface area contributed by atoms with Crippen LogP contribution in [0.15, 0.2) is 42.5 Å². The lowest BCUT2D eigenvalue weighted by Crippen LogP contribution is -2.48. The quantitative estimate of drug-likeness (QED) is 0.256. The third-order valence-corrected chi connectivity index (χ3v) is 10.9. The average molecular weight is 433 g/mol. The van der Waals surface area contributed by atoms with Crippen molar-refractivity contribution in [3.63, 3.8) is 0 Å². The summed E-state index contributed by atoms with van der Waals surface area (Å²) in [7, 11) is -2.02. The lowest BCUT2D eigenvalue weighted by Gasteiger charge is -2.41. The number of carbonyl (C=O) groups is 1. The van der Waals surface area contributed by atoms with Gasteiger partial charge in [-0.1, -0.05) is 70.2 Å². The van der Waals surface area contributed by atoms with Crippen molar-refractivity contribution in [2.45, 2.75) is 103 Å². The molecule has 30 heavy (non-hydrogen) atoms. The molecule has 1 aliphatic heterocycles. The molecule has 0 radical (unpaired) electrons. The highest BCUT2D eigenvalue weighted by Gasteiger charge is 2.41. The topological polar surface area (TPSA) is 44.8 Å². The summed E-state index contributed by atoms with van der Waals surface area (Å²) in [5.41, 5.74) is 1.16. The number of ether oxygens (including phenoxy) is 2. The minimum Gasteiger partial charge on any atom is -0.411 e. The number of rotatable bonds is 10. The minimum atomic E-state index is -2.02. The average Bonchev–Trinajstić information content (AvgIpc) is 2.94. The normalized spacial score (nSPS) is 22.3. The summed E-state index contributed by atoms with van der Waals surface area (Å²) in [6.07, 6.45) is 7.73. The molecule has 0 saturated heterocycles. The number of hydrogen-bond acceptors (Lipinski definition) is 4. The van der Waals surface area contributed by atoms with Gasteiger partial charge in [-0.05, 0) is 43.0 Å². The van der Waals surface area contributed by atoms with Gasteiger partial charge in [0.1, 0.15) is 6.29 Å². The predicted octanol–water partition coefficient (Wildman–Crippen LogP) is 6.07. The molecule has 1 aliphatic rings. The van der Waals surface area contributed by atoms with E-state index in [1.807, 2.05) is 18.2 Å². The van der Waals surface area contributed by atoms with Gasteiger partial charge in [-0.15, -0.1) is 0 Å². The fourth-order valence-electron chi connectivity index (χ4n) is 3.47. The first-order valence-corrected chi connectivity index (χ1v) is 14.2. The zero-order valence-electron chi connectivity index (χ0n) is 19.6. The standard InChI is InChI=1S/C25H40O4Si/c1-7-21(27-19-20-13-9-8-10-14-20)22-15-11-12-16-23(28-22)24(17-18-26)29-30(5,6)25(2,3)4/h8-14,18,21-24H,7,15-17,19H2,1-6H3/t21-,22+,23+,24-/m0/s1.